The van der Waals surface area contributed by atoms with Crippen molar-refractivity contribution in [3.63, 3.8) is 0 Å². The molecule has 0 saturated carbocycles. The van der Waals surface area contributed by atoms with Gasteiger partial charge in [-0.1, -0.05) is 19.9 Å². The topological polar surface area (TPSA) is 55.1 Å². The van der Waals surface area contributed by atoms with Gasteiger partial charge in [0.05, 0.1) is 6.42 Å². The number of amides is 1. The first-order valence-electron chi connectivity index (χ1n) is 5.75. The third-order valence-corrected chi connectivity index (χ3v) is 2.68. The summed E-state index contributed by atoms with van der Waals surface area (Å²) in [7, 11) is 0. The van der Waals surface area contributed by atoms with Crippen molar-refractivity contribution in [1.82, 2.24) is 5.32 Å². The molecule has 5 heteroatoms. The maximum absolute atomic E-state index is 13.3. The molecule has 0 radical (unpaired) electrons. The molecule has 0 fully saturated rings. The summed E-state index contributed by atoms with van der Waals surface area (Å²) in [5, 5.41) is 2.68. The van der Waals surface area contributed by atoms with Crippen LogP contribution in [0.15, 0.2) is 18.2 Å². The van der Waals surface area contributed by atoms with Crippen molar-refractivity contribution in [3.05, 3.63) is 35.4 Å². The molecule has 100 valence electrons. The minimum atomic E-state index is -0.705. The summed E-state index contributed by atoms with van der Waals surface area (Å²) < 4.78 is 26.0. The first-order valence-corrected chi connectivity index (χ1v) is 5.75. The number of nitrogens with one attached hydrogen (secondary N) is 1. The fourth-order valence-electron chi connectivity index (χ4n) is 1.31. The monoisotopic (exact) mass is 256 g/mol. The van der Waals surface area contributed by atoms with E-state index in [4.69, 9.17) is 5.73 Å². The largest absolute Gasteiger partial charge is 0.355 e. The van der Waals surface area contributed by atoms with E-state index in [0.29, 0.717) is 13.1 Å². The van der Waals surface area contributed by atoms with Crippen LogP contribution in [0.2, 0.25) is 0 Å². The molecule has 18 heavy (non-hydrogen) atoms. The molecule has 1 aromatic rings. The van der Waals surface area contributed by atoms with Crippen LogP contribution in [0.1, 0.15) is 19.4 Å². The summed E-state index contributed by atoms with van der Waals surface area (Å²) in [4.78, 5) is 11.6. The first-order chi connectivity index (χ1) is 8.34. The van der Waals surface area contributed by atoms with Crippen molar-refractivity contribution >= 4 is 5.91 Å². The number of hydrogen-bond donors (Lipinski definition) is 2. The van der Waals surface area contributed by atoms with E-state index in [0.717, 1.165) is 12.1 Å². The highest BCUT2D eigenvalue weighted by Crippen LogP contribution is 2.12. The second kappa shape index (κ2) is 5.91. The Labute approximate surface area is 105 Å². The van der Waals surface area contributed by atoms with Crippen LogP contribution in [-0.2, 0) is 11.2 Å². The maximum atomic E-state index is 13.3. The molecule has 0 aliphatic rings. The Bertz CT molecular complexity index is 433. The average molecular weight is 256 g/mol. The van der Waals surface area contributed by atoms with Gasteiger partial charge in [-0.3, -0.25) is 4.79 Å². The number of nitrogens with two attached hydrogens (primary N) is 1. The number of rotatable bonds is 5. The lowest BCUT2D eigenvalue weighted by Gasteiger charge is -2.22. The molecule has 0 heterocycles. The molecule has 0 aliphatic carbocycles. The summed E-state index contributed by atoms with van der Waals surface area (Å²) >= 11 is 0. The molecule has 0 aromatic heterocycles. The van der Waals surface area contributed by atoms with E-state index in [-0.39, 0.29) is 23.3 Å². The Morgan fingerprint density at radius 1 is 1.39 bits per heavy atom. The number of halogens is 2. The van der Waals surface area contributed by atoms with Crippen LogP contribution in [0, 0.1) is 17.0 Å². The summed E-state index contributed by atoms with van der Waals surface area (Å²) in [5.41, 5.74) is 5.52. The molecule has 1 amide bonds. The molecule has 0 unspecified atom stereocenters. The molecular formula is C13H18F2N2O. The molecule has 3 N–H and O–H groups in total. The molecule has 0 bridgehead atoms. The van der Waals surface area contributed by atoms with Gasteiger partial charge in [0.15, 0.2) is 0 Å². The predicted octanol–water partition coefficient (Wildman–Crippen LogP) is 1.61. The average Bonchev–Trinajstić information content (AvgIpc) is 2.30. The Balaban J connectivity index is 2.55. The van der Waals surface area contributed by atoms with Gasteiger partial charge in [0.25, 0.3) is 0 Å². The van der Waals surface area contributed by atoms with E-state index >= 15 is 0 Å². The van der Waals surface area contributed by atoms with Crippen LogP contribution in [-0.4, -0.2) is 19.0 Å². The minimum Gasteiger partial charge on any atom is -0.355 e. The molecule has 0 aliphatic heterocycles. The lowest BCUT2D eigenvalue weighted by atomic mass is 9.94. The van der Waals surface area contributed by atoms with E-state index in [9.17, 15) is 13.6 Å². The fourth-order valence-corrected chi connectivity index (χ4v) is 1.31. The van der Waals surface area contributed by atoms with Crippen LogP contribution in [0.3, 0.4) is 0 Å². The Hall–Kier alpha value is -1.49. The Morgan fingerprint density at radius 3 is 2.61 bits per heavy atom. The fraction of sp³-hybridized carbons (Fsp3) is 0.462. The second-order valence-electron chi connectivity index (χ2n) is 5.06. The molecule has 3 nitrogen and oxygen atoms in total. The number of carbonyl (C=O) groups is 1. The smallest absolute Gasteiger partial charge is 0.224 e. The second-order valence-corrected chi connectivity index (χ2v) is 5.06. The zero-order valence-electron chi connectivity index (χ0n) is 10.6. The van der Waals surface area contributed by atoms with E-state index < -0.39 is 11.6 Å². The number of benzene rings is 1. The summed E-state index contributed by atoms with van der Waals surface area (Å²) in [5.74, 6) is -1.66. The van der Waals surface area contributed by atoms with Crippen LogP contribution in [0.5, 0.6) is 0 Å². The van der Waals surface area contributed by atoms with Gasteiger partial charge in [0.1, 0.15) is 11.6 Å². The van der Waals surface area contributed by atoms with Crippen LogP contribution < -0.4 is 11.1 Å². The highest BCUT2D eigenvalue weighted by Gasteiger charge is 2.17. The van der Waals surface area contributed by atoms with Gasteiger partial charge in [-0.15, -0.1) is 0 Å². The normalized spacial score (nSPS) is 11.4. The summed E-state index contributed by atoms with van der Waals surface area (Å²) in [6.07, 6.45) is -0.104. The molecular weight excluding hydrogens is 238 g/mol. The summed E-state index contributed by atoms with van der Waals surface area (Å²) in [6, 6.07) is 3.18. The third kappa shape index (κ3) is 4.41. The van der Waals surface area contributed by atoms with E-state index in [2.05, 4.69) is 5.32 Å². The van der Waals surface area contributed by atoms with Gasteiger partial charge in [-0.05, 0) is 23.6 Å². The number of hydrogen-bond acceptors (Lipinski definition) is 2. The van der Waals surface area contributed by atoms with Crippen LogP contribution in [0.4, 0.5) is 8.78 Å². The van der Waals surface area contributed by atoms with Crippen molar-refractivity contribution in [2.24, 2.45) is 11.1 Å². The lowest BCUT2D eigenvalue weighted by molar-refractivity contribution is -0.120. The van der Waals surface area contributed by atoms with Crippen molar-refractivity contribution in [2.75, 3.05) is 13.1 Å². The van der Waals surface area contributed by atoms with Crippen LogP contribution >= 0.6 is 0 Å². The molecule has 0 atom stereocenters. The van der Waals surface area contributed by atoms with E-state index in [1.165, 1.54) is 6.07 Å². The van der Waals surface area contributed by atoms with Gasteiger partial charge < -0.3 is 11.1 Å². The van der Waals surface area contributed by atoms with E-state index in [1.807, 2.05) is 13.8 Å². The third-order valence-electron chi connectivity index (χ3n) is 2.68. The van der Waals surface area contributed by atoms with Crippen molar-refractivity contribution in [1.29, 1.82) is 0 Å². The Morgan fingerprint density at radius 2 is 2.06 bits per heavy atom. The van der Waals surface area contributed by atoms with E-state index in [1.54, 1.807) is 0 Å². The molecule has 0 saturated heterocycles. The molecule has 1 rings (SSSR count). The summed E-state index contributed by atoms with van der Waals surface area (Å²) in [6.45, 7) is 4.71. The highest BCUT2D eigenvalue weighted by molar-refractivity contribution is 5.78. The van der Waals surface area contributed by atoms with Crippen molar-refractivity contribution < 1.29 is 13.6 Å². The zero-order valence-corrected chi connectivity index (χ0v) is 10.6. The molecule has 1 aromatic carbocycles. The SMILES string of the molecule is CC(C)(CN)CNC(=O)Cc1ccc(F)cc1F. The van der Waals surface area contributed by atoms with Crippen LogP contribution in [0.25, 0.3) is 0 Å². The first kappa shape index (κ1) is 14.6. The van der Waals surface area contributed by atoms with Gasteiger partial charge in [0.2, 0.25) is 5.91 Å². The van der Waals surface area contributed by atoms with Gasteiger partial charge >= 0.3 is 0 Å². The minimum absolute atomic E-state index is 0.104. The quantitative estimate of drug-likeness (QED) is 0.841. The zero-order chi connectivity index (χ0) is 13.8. The highest BCUT2D eigenvalue weighted by atomic mass is 19.1. The van der Waals surface area contributed by atoms with Crippen molar-refractivity contribution in [3.8, 4) is 0 Å². The van der Waals surface area contributed by atoms with Gasteiger partial charge in [0, 0.05) is 12.6 Å². The lowest BCUT2D eigenvalue weighted by Crippen LogP contribution is -2.39. The van der Waals surface area contributed by atoms with Gasteiger partial charge in [-0.2, -0.15) is 0 Å². The number of carbonyl (C=O) groups excluding carboxylic acids is 1. The van der Waals surface area contributed by atoms with Gasteiger partial charge in [-0.25, -0.2) is 8.78 Å². The standard InChI is InChI=1S/C13H18F2N2O/c1-13(2,7-16)8-17-12(18)5-9-3-4-10(14)6-11(9)15/h3-4,6H,5,7-8,16H2,1-2H3,(H,17,18). The Kier molecular flexibility index (Phi) is 4.78. The molecule has 0 spiro atoms. The maximum Gasteiger partial charge on any atom is 0.224 e. The predicted molar refractivity (Wildman–Crippen MR) is 65.9 cm³/mol. The van der Waals surface area contributed by atoms with Crippen molar-refractivity contribution in [2.45, 2.75) is 20.3 Å².